The van der Waals surface area contributed by atoms with Crippen molar-refractivity contribution < 1.29 is 37.6 Å². The van der Waals surface area contributed by atoms with Crippen LogP contribution in [0.5, 0.6) is 0 Å². The van der Waals surface area contributed by atoms with E-state index in [2.05, 4.69) is 31.2 Å². The molecule has 2 N–H and O–H groups in total. The third-order valence-corrected chi connectivity index (χ3v) is 9.20. The predicted molar refractivity (Wildman–Crippen MR) is 196 cm³/mol. The Labute approximate surface area is 289 Å². The molecule has 0 aliphatic rings. The molecule has 0 aliphatic heterocycles. The Bertz CT molecular complexity index is 812. The highest BCUT2D eigenvalue weighted by Gasteiger charge is 2.24. The summed E-state index contributed by atoms with van der Waals surface area (Å²) in [4.78, 5) is 21.6. The lowest BCUT2D eigenvalue weighted by molar-refractivity contribution is -0.870. The number of aliphatic hydroxyl groups excluding tert-OH is 1. The van der Waals surface area contributed by atoms with Gasteiger partial charge in [-0.15, -0.1) is 0 Å². The fraction of sp³-hybridized carbons (Fsp3) is 0.868. The van der Waals surface area contributed by atoms with Crippen LogP contribution in [-0.2, 0) is 23.1 Å². The summed E-state index contributed by atoms with van der Waals surface area (Å²) >= 11 is 0. The molecule has 0 aromatic rings. The number of unbranched alkanes of at least 4 members (excludes halogenated alkanes) is 20. The first kappa shape index (κ1) is 46.0. The van der Waals surface area contributed by atoms with E-state index in [9.17, 15) is 19.4 Å². The Kier molecular flexibility index (Phi) is 31.5. The Morgan fingerprint density at radius 3 is 1.57 bits per heavy atom. The third kappa shape index (κ3) is 37.6. The van der Waals surface area contributed by atoms with Crippen LogP contribution in [0.4, 0.5) is 0 Å². The number of hydrogen-bond acceptors (Lipinski definition) is 6. The Morgan fingerprint density at radius 2 is 1.11 bits per heavy atom. The summed E-state index contributed by atoms with van der Waals surface area (Å²) in [6.45, 7) is 2.14. The molecule has 0 heterocycles. The molecule has 0 aliphatic carbocycles. The molecular formula is C38H75NO7P+. The number of quaternary nitrogens is 1. The van der Waals surface area contributed by atoms with E-state index in [0.29, 0.717) is 17.4 Å². The Hall–Kier alpha value is -1.02. The maximum absolute atomic E-state index is 11.9. The highest BCUT2D eigenvalue weighted by Crippen LogP contribution is 2.43. The zero-order valence-corrected chi connectivity index (χ0v) is 31.9. The Morgan fingerprint density at radius 1 is 0.660 bits per heavy atom. The summed E-state index contributed by atoms with van der Waals surface area (Å²) in [7, 11) is 1.56. The van der Waals surface area contributed by atoms with Crippen LogP contribution >= 0.6 is 7.82 Å². The SMILES string of the molecule is CCCCCCC/C=C\C/C=C\CCCCCCCCCCCCCCCCCC(=O)OCC(O)COP(=O)(O)OCC[N+](C)(C)C. The summed E-state index contributed by atoms with van der Waals surface area (Å²) in [6, 6.07) is 0. The van der Waals surface area contributed by atoms with Gasteiger partial charge in [0.1, 0.15) is 25.9 Å². The summed E-state index contributed by atoms with van der Waals surface area (Å²) in [5.74, 6) is -0.370. The van der Waals surface area contributed by atoms with Crippen molar-refractivity contribution in [3.63, 3.8) is 0 Å². The first-order valence-electron chi connectivity index (χ1n) is 19.1. The number of aliphatic hydroxyl groups is 1. The lowest BCUT2D eigenvalue weighted by Gasteiger charge is -2.24. The molecule has 9 heteroatoms. The molecule has 2 atom stereocenters. The minimum absolute atomic E-state index is 0.0552. The van der Waals surface area contributed by atoms with Crippen LogP contribution in [-0.4, -0.2) is 74.1 Å². The monoisotopic (exact) mass is 689 g/mol. The number of carbonyl (C=O) groups is 1. The van der Waals surface area contributed by atoms with Gasteiger partial charge in [0.15, 0.2) is 0 Å². The first-order valence-corrected chi connectivity index (χ1v) is 20.6. The number of carbonyl (C=O) groups excluding carboxylic acids is 1. The van der Waals surface area contributed by atoms with Crippen LogP contribution < -0.4 is 0 Å². The molecule has 0 fully saturated rings. The van der Waals surface area contributed by atoms with Crippen LogP contribution in [0.3, 0.4) is 0 Å². The molecule has 8 nitrogen and oxygen atoms in total. The number of phosphoric acid groups is 1. The van der Waals surface area contributed by atoms with E-state index in [4.69, 9.17) is 13.8 Å². The average molecular weight is 689 g/mol. The van der Waals surface area contributed by atoms with Gasteiger partial charge in [0.25, 0.3) is 0 Å². The largest absolute Gasteiger partial charge is 0.472 e. The van der Waals surface area contributed by atoms with E-state index in [1.807, 2.05) is 21.1 Å². The van der Waals surface area contributed by atoms with E-state index < -0.39 is 20.5 Å². The smallest absolute Gasteiger partial charge is 0.463 e. The molecule has 0 spiro atoms. The number of phosphoric ester groups is 1. The van der Waals surface area contributed by atoms with Gasteiger partial charge in [-0.3, -0.25) is 13.8 Å². The van der Waals surface area contributed by atoms with Crippen LogP contribution in [0.25, 0.3) is 0 Å². The Balaban J connectivity index is 3.41. The summed E-state index contributed by atoms with van der Waals surface area (Å²) in [6.07, 6.45) is 37.8. The average Bonchev–Trinajstić information content (AvgIpc) is 3.01. The lowest BCUT2D eigenvalue weighted by atomic mass is 10.0. The van der Waals surface area contributed by atoms with Crippen molar-refractivity contribution >= 4 is 13.8 Å². The number of esters is 1. The summed E-state index contributed by atoms with van der Waals surface area (Å²) in [5, 5.41) is 9.89. The van der Waals surface area contributed by atoms with Gasteiger partial charge in [0.05, 0.1) is 27.7 Å². The second-order valence-corrected chi connectivity index (χ2v) is 15.6. The number of rotatable bonds is 35. The number of ether oxygens (including phenoxy) is 1. The molecule has 47 heavy (non-hydrogen) atoms. The highest BCUT2D eigenvalue weighted by atomic mass is 31.2. The number of likely N-dealkylation sites (N-methyl/N-ethyl adjacent to an activating group) is 1. The molecule has 0 bridgehead atoms. The molecule has 0 amide bonds. The zero-order chi connectivity index (χ0) is 34.9. The summed E-state index contributed by atoms with van der Waals surface area (Å²) < 4.78 is 27.2. The fourth-order valence-electron chi connectivity index (χ4n) is 5.16. The lowest BCUT2D eigenvalue weighted by Crippen LogP contribution is -2.37. The molecule has 2 unspecified atom stereocenters. The van der Waals surface area contributed by atoms with Crippen molar-refractivity contribution in [3.8, 4) is 0 Å². The van der Waals surface area contributed by atoms with E-state index in [0.717, 1.165) is 25.7 Å². The van der Waals surface area contributed by atoms with E-state index in [-0.39, 0.29) is 19.2 Å². The van der Waals surface area contributed by atoms with Gasteiger partial charge in [-0.2, -0.15) is 0 Å². The maximum Gasteiger partial charge on any atom is 0.472 e. The number of hydrogen-bond donors (Lipinski definition) is 2. The van der Waals surface area contributed by atoms with Gasteiger partial charge in [0, 0.05) is 6.42 Å². The van der Waals surface area contributed by atoms with Gasteiger partial charge < -0.3 is 19.2 Å². The van der Waals surface area contributed by atoms with Gasteiger partial charge in [-0.05, 0) is 38.5 Å². The highest BCUT2D eigenvalue weighted by molar-refractivity contribution is 7.47. The molecule has 0 saturated heterocycles. The van der Waals surface area contributed by atoms with E-state index >= 15 is 0 Å². The standard InChI is InChI=1S/C38H74NO7P/c1-5-6-7-8-9-10-11-12-13-14-15-16-17-18-19-20-21-22-23-24-25-26-27-28-29-30-31-32-38(41)44-35-37(40)36-46-47(42,43)45-34-33-39(2,3)4/h11-12,14-15,37,40H,5-10,13,16-36H2,1-4H3/p+1/b12-11-,15-14-. The van der Waals surface area contributed by atoms with Gasteiger partial charge in [-0.25, -0.2) is 4.57 Å². The number of nitrogens with zero attached hydrogens (tertiary/aromatic N) is 1. The molecule has 0 aromatic carbocycles. The van der Waals surface area contributed by atoms with E-state index in [1.54, 1.807) is 0 Å². The van der Waals surface area contributed by atoms with Gasteiger partial charge in [-0.1, -0.05) is 140 Å². The molecule has 278 valence electrons. The van der Waals surface area contributed by atoms with Gasteiger partial charge >= 0.3 is 13.8 Å². The summed E-state index contributed by atoms with van der Waals surface area (Å²) in [5.41, 5.74) is 0. The molecule has 0 aromatic heterocycles. The first-order chi connectivity index (χ1) is 22.6. The quantitative estimate of drug-likeness (QED) is 0.0225. The van der Waals surface area contributed by atoms with Crippen molar-refractivity contribution in [3.05, 3.63) is 24.3 Å². The third-order valence-electron chi connectivity index (χ3n) is 8.21. The minimum atomic E-state index is -4.25. The zero-order valence-electron chi connectivity index (χ0n) is 31.0. The normalized spacial score (nSPS) is 14.3. The topological polar surface area (TPSA) is 102 Å². The van der Waals surface area contributed by atoms with Crippen LogP contribution in [0.2, 0.25) is 0 Å². The fourth-order valence-corrected chi connectivity index (χ4v) is 5.91. The van der Waals surface area contributed by atoms with E-state index in [1.165, 1.54) is 122 Å². The second-order valence-electron chi connectivity index (χ2n) is 14.2. The second kappa shape index (κ2) is 32.2. The molecule has 0 saturated carbocycles. The number of allylic oxidation sites excluding steroid dienone is 4. The van der Waals surface area contributed by atoms with Crippen molar-refractivity contribution in [2.45, 2.75) is 167 Å². The minimum Gasteiger partial charge on any atom is -0.463 e. The van der Waals surface area contributed by atoms with Crippen molar-refractivity contribution in [2.75, 3.05) is 47.5 Å². The van der Waals surface area contributed by atoms with Crippen LogP contribution in [0.15, 0.2) is 24.3 Å². The molecule has 0 radical (unpaired) electrons. The predicted octanol–water partition coefficient (Wildman–Crippen LogP) is 10.2. The van der Waals surface area contributed by atoms with Crippen molar-refractivity contribution in [1.82, 2.24) is 0 Å². The van der Waals surface area contributed by atoms with Crippen LogP contribution in [0, 0.1) is 0 Å². The van der Waals surface area contributed by atoms with Crippen molar-refractivity contribution in [1.29, 1.82) is 0 Å². The van der Waals surface area contributed by atoms with Gasteiger partial charge in [0.2, 0.25) is 0 Å². The maximum atomic E-state index is 11.9. The molecular weight excluding hydrogens is 613 g/mol. The van der Waals surface area contributed by atoms with Crippen molar-refractivity contribution in [2.24, 2.45) is 0 Å². The molecule has 0 rings (SSSR count). The van der Waals surface area contributed by atoms with Crippen LogP contribution in [0.1, 0.15) is 161 Å².